The van der Waals surface area contributed by atoms with E-state index in [1.807, 2.05) is 12.1 Å². The van der Waals surface area contributed by atoms with Gasteiger partial charge in [0, 0.05) is 0 Å². The SMILES string of the molecule is N#Cc1ccc(CCC2CCC(CC/C=C/F)CC2)cc1. The van der Waals surface area contributed by atoms with Crippen molar-refractivity contribution in [3.63, 3.8) is 0 Å². The van der Waals surface area contributed by atoms with Crippen molar-refractivity contribution in [1.82, 2.24) is 0 Å². The van der Waals surface area contributed by atoms with Crippen molar-refractivity contribution < 1.29 is 4.39 Å². The molecule has 1 aromatic carbocycles. The van der Waals surface area contributed by atoms with Crippen molar-refractivity contribution in [2.75, 3.05) is 0 Å². The lowest BCUT2D eigenvalue weighted by molar-refractivity contribution is 0.254. The van der Waals surface area contributed by atoms with Crippen molar-refractivity contribution in [1.29, 1.82) is 5.26 Å². The number of rotatable bonds is 6. The molecule has 0 aliphatic heterocycles. The third-order valence-corrected chi connectivity index (χ3v) is 4.72. The van der Waals surface area contributed by atoms with E-state index in [-0.39, 0.29) is 0 Å². The molecule has 1 nitrogen and oxygen atoms in total. The summed E-state index contributed by atoms with van der Waals surface area (Å²) in [6, 6.07) is 10.1. The largest absolute Gasteiger partial charge is 0.216 e. The predicted octanol–water partition coefficient (Wildman–Crippen LogP) is 5.56. The molecule has 0 unspecified atom stereocenters. The van der Waals surface area contributed by atoms with E-state index < -0.39 is 0 Å². The average molecular weight is 285 g/mol. The highest BCUT2D eigenvalue weighted by Gasteiger charge is 2.20. The lowest BCUT2D eigenvalue weighted by atomic mass is 9.78. The van der Waals surface area contributed by atoms with E-state index in [1.165, 1.54) is 37.7 Å². The average Bonchev–Trinajstić information content (AvgIpc) is 2.55. The molecule has 0 heterocycles. The summed E-state index contributed by atoms with van der Waals surface area (Å²) >= 11 is 0. The van der Waals surface area contributed by atoms with Crippen LogP contribution in [0.5, 0.6) is 0 Å². The van der Waals surface area contributed by atoms with Crippen molar-refractivity contribution in [2.24, 2.45) is 11.8 Å². The van der Waals surface area contributed by atoms with Crippen molar-refractivity contribution in [2.45, 2.75) is 51.4 Å². The van der Waals surface area contributed by atoms with Crippen LogP contribution in [0, 0.1) is 23.2 Å². The van der Waals surface area contributed by atoms with Gasteiger partial charge in [0.2, 0.25) is 0 Å². The van der Waals surface area contributed by atoms with Gasteiger partial charge >= 0.3 is 0 Å². The molecule has 2 rings (SSSR count). The Morgan fingerprint density at radius 1 is 1.05 bits per heavy atom. The van der Waals surface area contributed by atoms with Crippen LogP contribution in [0.3, 0.4) is 0 Å². The molecule has 0 aromatic heterocycles. The van der Waals surface area contributed by atoms with Gasteiger partial charge in [0.25, 0.3) is 0 Å². The van der Waals surface area contributed by atoms with Crippen LogP contribution in [-0.2, 0) is 6.42 Å². The Kier molecular flexibility index (Phi) is 6.47. The summed E-state index contributed by atoms with van der Waals surface area (Å²) in [5, 5.41) is 8.79. The van der Waals surface area contributed by atoms with Crippen LogP contribution in [0.4, 0.5) is 4.39 Å². The number of nitrogens with zero attached hydrogens (tertiary/aromatic N) is 1. The second kappa shape index (κ2) is 8.62. The van der Waals surface area contributed by atoms with Gasteiger partial charge in [-0.05, 0) is 55.2 Å². The van der Waals surface area contributed by atoms with Crippen molar-refractivity contribution in [3.8, 4) is 6.07 Å². The van der Waals surface area contributed by atoms with Gasteiger partial charge in [0.05, 0.1) is 18.0 Å². The van der Waals surface area contributed by atoms with E-state index in [1.54, 1.807) is 6.08 Å². The molecule has 1 aliphatic carbocycles. The minimum atomic E-state index is 0.670. The summed E-state index contributed by atoms with van der Waals surface area (Å²) in [6.45, 7) is 0. The highest BCUT2D eigenvalue weighted by molar-refractivity contribution is 5.31. The van der Waals surface area contributed by atoms with Crippen LogP contribution in [-0.4, -0.2) is 0 Å². The fourth-order valence-electron chi connectivity index (χ4n) is 3.32. The molecule has 2 heteroatoms. The molecule has 21 heavy (non-hydrogen) atoms. The number of nitriles is 1. The maximum atomic E-state index is 11.9. The summed E-state index contributed by atoms with van der Waals surface area (Å²) in [5.41, 5.74) is 2.07. The molecule has 0 atom stereocenters. The van der Waals surface area contributed by atoms with Crippen LogP contribution >= 0.6 is 0 Å². The molecule has 1 saturated carbocycles. The first kappa shape index (κ1) is 15.8. The zero-order valence-electron chi connectivity index (χ0n) is 12.6. The lowest BCUT2D eigenvalue weighted by Gasteiger charge is -2.28. The zero-order valence-corrected chi connectivity index (χ0v) is 12.6. The number of allylic oxidation sites excluding steroid dienone is 1. The van der Waals surface area contributed by atoms with Gasteiger partial charge < -0.3 is 0 Å². The fraction of sp³-hybridized carbons (Fsp3) is 0.526. The number of halogens is 1. The molecule has 1 fully saturated rings. The Morgan fingerprint density at radius 3 is 2.24 bits per heavy atom. The van der Waals surface area contributed by atoms with E-state index in [0.29, 0.717) is 6.33 Å². The second-order valence-corrected chi connectivity index (χ2v) is 6.17. The second-order valence-electron chi connectivity index (χ2n) is 6.17. The van der Waals surface area contributed by atoms with Gasteiger partial charge in [0.15, 0.2) is 0 Å². The van der Waals surface area contributed by atoms with E-state index in [9.17, 15) is 4.39 Å². The molecule has 112 valence electrons. The Morgan fingerprint density at radius 2 is 1.67 bits per heavy atom. The van der Waals surface area contributed by atoms with Gasteiger partial charge in [-0.3, -0.25) is 0 Å². The molecule has 1 aliphatic rings. The van der Waals surface area contributed by atoms with Crippen LogP contribution < -0.4 is 0 Å². The number of aryl methyl sites for hydroxylation is 1. The van der Waals surface area contributed by atoms with Gasteiger partial charge in [-0.2, -0.15) is 5.26 Å². The maximum Gasteiger partial charge on any atom is 0.0991 e. The first-order valence-corrected chi connectivity index (χ1v) is 8.06. The number of benzene rings is 1. The minimum absolute atomic E-state index is 0.670. The van der Waals surface area contributed by atoms with Gasteiger partial charge in [-0.25, -0.2) is 4.39 Å². The fourth-order valence-corrected chi connectivity index (χ4v) is 3.32. The topological polar surface area (TPSA) is 23.8 Å². The standard InChI is InChI=1S/C19H24FN/c20-14-2-1-3-16-4-6-17(7-5-16)8-9-18-10-12-19(15-21)13-11-18/h2,10-14,16-17H,1,3-9H2/b14-2+. The van der Waals surface area contributed by atoms with E-state index in [0.717, 1.165) is 36.7 Å². The van der Waals surface area contributed by atoms with Crippen LogP contribution in [0.15, 0.2) is 36.7 Å². The van der Waals surface area contributed by atoms with Gasteiger partial charge in [-0.1, -0.05) is 43.9 Å². The molecule has 0 N–H and O–H groups in total. The smallest absolute Gasteiger partial charge is 0.0991 e. The Balaban J connectivity index is 1.67. The Labute approximate surface area is 127 Å². The molecule has 0 spiro atoms. The van der Waals surface area contributed by atoms with Crippen LogP contribution in [0.1, 0.15) is 56.1 Å². The van der Waals surface area contributed by atoms with E-state index >= 15 is 0 Å². The monoisotopic (exact) mass is 285 g/mol. The molecular formula is C19H24FN. The third kappa shape index (κ3) is 5.34. The normalized spacial score (nSPS) is 22.3. The molecule has 0 saturated heterocycles. The number of hydrogen-bond acceptors (Lipinski definition) is 1. The summed E-state index contributed by atoms with van der Waals surface area (Å²) in [7, 11) is 0. The van der Waals surface area contributed by atoms with E-state index in [2.05, 4.69) is 18.2 Å². The van der Waals surface area contributed by atoms with E-state index in [4.69, 9.17) is 5.26 Å². The van der Waals surface area contributed by atoms with Gasteiger partial charge in [0.1, 0.15) is 0 Å². The number of hydrogen-bond donors (Lipinski definition) is 0. The first-order chi connectivity index (χ1) is 10.3. The van der Waals surface area contributed by atoms with Crippen molar-refractivity contribution >= 4 is 0 Å². The third-order valence-electron chi connectivity index (χ3n) is 4.72. The summed E-state index contributed by atoms with van der Waals surface area (Å²) in [6.07, 6.45) is 11.9. The van der Waals surface area contributed by atoms with Crippen LogP contribution in [0.25, 0.3) is 0 Å². The summed E-state index contributed by atoms with van der Waals surface area (Å²) in [4.78, 5) is 0. The molecular weight excluding hydrogens is 261 g/mol. The predicted molar refractivity (Wildman–Crippen MR) is 84.4 cm³/mol. The molecule has 0 bridgehead atoms. The molecule has 0 amide bonds. The zero-order chi connectivity index (χ0) is 14.9. The van der Waals surface area contributed by atoms with Gasteiger partial charge in [-0.15, -0.1) is 0 Å². The Bertz CT molecular complexity index is 475. The lowest BCUT2D eigenvalue weighted by Crippen LogP contribution is -2.15. The molecule has 1 aromatic rings. The summed E-state index contributed by atoms with van der Waals surface area (Å²) in [5.74, 6) is 1.64. The summed E-state index contributed by atoms with van der Waals surface area (Å²) < 4.78 is 11.9. The maximum absolute atomic E-state index is 11.9. The van der Waals surface area contributed by atoms with Crippen molar-refractivity contribution in [3.05, 3.63) is 47.8 Å². The highest BCUT2D eigenvalue weighted by atomic mass is 19.1. The van der Waals surface area contributed by atoms with Crippen LogP contribution in [0.2, 0.25) is 0 Å². The quantitative estimate of drug-likeness (QED) is 0.671. The highest BCUT2D eigenvalue weighted by Crippen LogP contribution is 2.33. The Hall–Kier alpha value is -1.62. The minimum Gasteiger partial charge on any atom is -0.216 e. The molecule has 0 radical (unpaired) electrons. The first-order valence-electron chi connectivity index (χ1n) is 8.06.